The van der Waals surface area contributed by atoms with Gasteiger partial charge in [0, 0.05) is 10.7 Å². The summed E-state index contributed by atoms with van der Waals surface area (Å²) in [5, 5.41) is 3.25. The van der Waals surface area contributed by atoms with Gasteiger partial charge in [-0.2, -0.15) is 0 Å². The van der Waals surface area contributed by atoms with Gasteiger partial charge in [0.15, 0.2) is 10.1 Å². The van der Waals surface area contributed by atoms with Gasteiger partial charge in [-0.3, -0.25) is 9.59 Å². The number of anilines is 1. The van der Waals surface area contributed by atoms with E-state index < -0.39 is 20.3 Å². The third-order valence-corrected chi connectivity index (χ3v) is 6.73. The Bertz CT molecular complexity index is 1190. The van der Waals surface area contributed by atoms with Crippen LogP contribution in [0.2, 0.25) is 5.02 Å². The molecule has 1 aromatic heterocycles. The number of thioether (sulfide) groups is 1. The summed E-state index contributed by atoms with van der Waals surface area (Å²) >= 11 is 6.76. The van der Waals surface area contributed by atoms with Gasteiger partial charge in [0.1, 0.15) is 0 Å². The van der Waals surface area contributed by atoms with Gasteiger partial charge in [-0.1, -0.05) is 41.1 Å². The minimum atomic E-state index is -4.03. The average molecular weight is 450 g/mol. The molecule has 150 valence electrons. The van der Waals surface area contributed by atoms with Gasteiger partial charge in [0.2, 0.25) is 15.7 Å². The second-order valence-electron chi connectivity index (χ2n) is 6.04. The number of rotatable bonds is 6. The molecule has 1 amide bonds. The third-order valence-electron chi connectivity index (χ3n) is 3.83. The minimum absolute atomic E-state index is 0.0000967. The number of aryl methyl sites for hydroxylation is 1. The first-order valence-electron chi connectivity index (χ1n) is 8.35. The topological polar surface area (TPSA) is 109 Å². The Hall–Kier alpha value is -2.62. The van der Waals surface area contributed by atoms with Crippen LogP contribution in [0, 0.1) is 6.92 Å². The number of hydrogen-bond donors (Lipinski definition) is 2. The Kier molecular flexibility index (Phi) is 6.41. The molecular formula is C19H16ClN3O4S2. The van der Waals surface area contributed by atoms with E-state index in [9.17, 15) is 18.0 Å². The molecule has 0 aliphatic rings. The average Bonchev–Trinajstić information content (AvgIpc) is 2.68. The Morgan fingerprint density at radius 1 is 1.14 bits per heavy atom. The number of halogens is 1. The molecule has 2 N–H and O–H groups in total. The number of hydrogen-bond acceptors (Lipinski definition) is 6. The molecule has 0 bridgehead atoms. The van der Waals surface area contributed by atoms with Crippen molar-refractivity contribution in [2.75, 3.05) is 11.1 Å². The van der Waals surface area contributed by atoms with E-state index >= 15 is 0 Å². The van der Waals surface area contributed by atoms with Crippen molar-refractivity contribution in [3.05, 3.63) is 75.7 Å². The fourth-order valence-electron chi connectivity index (χ4n) is 2.34. The van der Waals surface area contributed by atoms with Crippen LogP contribution in [0.15, 0.2) is 74.5 Å². The highest BCUT2D eigenvalue weighted by molar-refractivity contribution is 7.99. The number of carbonyl (C=O) groups excluding carboxylic acids is 1. The highest BCUT2D eigenvalue weighted by atomic mass is 35.5. The molecule has 0 saturated carbocycles. The molecular weight excluding hydrogens is 434 g/mol. The van der Waals surface area contributed by atoms with Crippen molar-refractivity contribution in [3.63, 3.8) is 0 Å². The van der Waals surface area contributed by atoms with Crippen molar-refractivity contribution in [2.45, 2.75) is 21.9 Å². The molecule has 7 nitrogen and oxygen atoms in total. The second kappa shape index (κ2) is 8.81. The molecule has 3 aromatic rings. The van der Waals surface area contributed by atoms with Crippen molar-refractivity contribution >= 4 is 44.8 Å². The highest BCUT2D eigenvalue weighted by Crippen LogP contribution is 2.20. The molecule has 0 aliphatic carbocycles. The molecule has 3 rings (SSSR count). The van der Waals surface area contributed by atoms with Crippen LogP contribution in [-0.4, -0.2) is 30.0 Å². The first-order chi connectivity index (χ1) is 13.8. The van der Waals surface area contributed by atoms with Gasteiger partial charge in [0.25, 0.3) is 5.56 Å². The number of H-pyrrole nitrogens is 1. The zero-order valence-corrected chi connectivity index (χ0v) is 17.6. The Morgan fingerprint density at radius 3 is 2.41 bits per heavy atom. The fourth-order valence-corrected chi connectivity index (χ4v) is 4.33. The maximum absolute atomic E-state index is 12.6. The lowest BCUT2D eigenvalue weighted by Crippen LogP contribution is -2.20. The summed E-state index contributed by atoms with van der Waals surface area (Å²) in [7, 11) is -4.03. The molecule has 0 spiro atoms. The van der Waals surface area contributed by atoms with Gasteiger partial charge in [-0.25, -0.2) is 13.4 Å². The zero-order valence-electron chi connectivity index (χ0n) is 15.2. The van der Waals surface area contributed by atoms with E-state index in [2.05, 4.69) is 15.3 Å². The van der Waals surface area contributed by atoms with Crippen molar-refractivity contribution in [1.29, 1.82) is 0 Å². The molecule has 0 saturated heterocycles. The maximum atomic E-state index is 12.6. The Morgan fingerprint density at radius 2 is 1.79 bits per heavy atom. The maximum Gasteiger partial charge on any atom is 0.270 e. The highest BCUT2D eigenvalue weighted by Gasteiger charge is 2.22. The minimum Gasteiger partial charge on any atom is -0.325 e. The number of aromatic amines is 1. The van der Waals surface area contributed by atoms with Crippen LogP contribution in [0.5, 0.6) is 0 Å². The van der Waals surface area contributed by atoms with E-state index in [1.165, 1.54) is 24.3 Å². The van der Waals surface area contributed by atoms with E-state index in [0.717, 1.165) is 23.5 Å². The molecule has 0 unspecified atom stereocenters. The van der Waals surface area contributed by atoms with E-state index in [1.54, 1.807) is 12.1 Å². The molecule has 0 fully saturated rings. The van der Waals surface area contributed by atoms with E-state index in [0.29, 0.717) is 10.7 Å². The summed E-state index contributed by atoms with van der Waals surface area (Å²) in [5.41, 5.74) is 0.927. The summed E-state index contributed by atoms with van der Waals surface area (Å²) in [6.07, 6.45) is 0.989. The predicted octanol–water partition coefficient (Wildman–Crippen LogP) is 3.30. The van der Waals surface area contributed by atoms with Crippen LogP contribution >= 0.6 is 23.4 Å². The van der Waals surface area contributed by atoms with Gasteiger partial charge in [-0.15, -0.1) is 0 Å². The lowest BCUT2D eigenvalue weighted by atomic mass is 10.2. The third kappa shape index (κ3) is 5.26. The van der Waals surface area contributed by atoms with Crippen molar-refractivity contribution < 1.29 is 13.2 Å². The standard InChI is InChI=1S/C19H16ClN3O4S2/c1-12-2-6-14(7-3-12)22-17(24)11-28-19-21-10-16(18(25)23-19)29(26,27)15-8-4-13(20)5-9-15/h2-10H,11H2,1H3,(H,22,24)(H,21,23,25). The summed E-state index contributed by atoms with van der Waals surface area (Å²) in [5.74, 6) is -0.278. The van der Waals surface area contributed by atoms with Crippen LogP contribution < -0.4 is 10.9 Å². The number of aromatic nitrogens is 2. The molecule has 10 heteroatoms. The Balaban J connectivity index is 1.69. The first kappa shape index (κ1) is 21.1. The number of nitrogens with one attached hydrogen (secondary N) is 2. The molecule has 2 aromatic carbocycles. The lowest BCUT2D eigenvalue weighted by Gasteiger charge is -2.06. The number of benzene rings is 2. The quantitative estimate of drug-likeness (QED) is 0.441. The van der Waals surface area contributed by atoms with Gasteiger partial charge in [-0.05, 0) is 43.3 Å². The number of sulfone groups is 1. The molecule has 0 radical (unpaired) electrons. The fraction of sp³-hybridized carbons (Fsp3) is 0.105. The van der Waals surface area contributed by atoms with Crippen LogP contribution in [-0.2, 0) is 14.6 Å². The number of carbonyl (C=O) groups is 1. The molecule has 29 heavy (non-hydrogen) atoms. The lowest BCUT2D eigenvalue weighted by molar-refractivity contribution is -0.113. The zero-order chi connectivity index (χ0) is 21.0. The predicted molar refractivity (Wildman–Crippen MR) is 112 cm³/mol. The first-order valence-corrected chi connectivity index (χ1v) is 11.2. The van der Waals surface area contributed by atoms with Crippen LogP contribution in [0.4, 0.5) is 5.69 Å². The van der Waals surface area contributed by atoms with Crippen molar-refractivity contribution in [3.8, 4) is 0 Å². The van der Waals surface area contributed by atoms with Crippen molar-refractivity contribution in [2.24, 2.45) is 0 Å². The van der Waals surface area contributed by atoms with E-state index in [1.807, 2.05) is 19.1 Å². The SMILES string of the molecule is Cc1ccc(NC(=O)CSc2ncc(S(=O)(=O)c3ccc(Cl)cc3)c(=O)[nH]2)cc1. The smallest absolute Gasteiger partial charge is 0.270 e. The second-order valence-corrected chi connectivity index (χ2v) is 9.36. The summed E-state index contributed by atoms with van der Waals surface area (Å²) in [6.45, 7) is 1.94. The van der Waals surface area contributed by atoms with Crippen molar-refractivity contribution in [1.82, 2.24) is 9.97 Å². The molecule has 1 heterocycles. The largest absolute Gasteiger partial charge is 0.325 e. The van der Waals surface area contributed by atoms with Gasteiger partial charge in [0.05, 0.1) is 16.8 Å². The van der Waals surface area contributed by atoms with E-state index in [4.69, 9.17) is 11.6 Å². The molecule has 0 aliphatic heterocycles. The normalized spacial score (nSPS) is 11.2. The van der Waals surface area contributed by atoms with Gasteiger partial charge >= 0.3 is 0 Å². The number of nitrogens with zero attached hydrogens (tertiary/aromatic N) is 1. The summed E-state index contributed by atoms with van der Waals surface area (Å²) in [4.78, 5) is 30.1. The van der Waals surface area contributed by atoms with E-state index in [-0.39, 0.29) is 21.7 Å². The summed E-state index contributed by atoms with van der Waals surface area (Å²) < 4.78 is 25.2. The summed E-state index contributed by atoms with van der Waals surface area (Å²) in [6, 6.07) is 12.8. The van der Waals surface area contributed by atoms with Gasteiger partial charge < -0.3 is 10.3 Å². The molecule has 0 atom stereocenters. The monoisotopic (exact) mass is 449 g/mol. The number of amides is 1. The van der Waals surface area contributed by atoms with Crippen LogP contribution in [0.3, 0.4) is 0 Å². The Labute approximate surface area is 176 Å². The van der Waals surface area contributed by atoms with Crippen LogP contribution in [0.25, 0.3) is 0 Å². The van der Waals surface area contributed by atoms with Crippen LogP contribution in [0.1, 0.15) is 5.56 Å².